The van der Waals surface area contributed by atoms with Crippen LogP contribution in [0.4, 0.5) is 4.39 Å². The van der Waals surface area contributed by atoms with Crippen molar-refractivity contribution in [1.82, 2.24) is 10.6 Å². The Hall–Kier alpha value is -1.52. The van der Waals surface area contributed by atoms with Crippen molar-refractivity contribution in [3.05, 3.63) is 53.0 Å². The van der Waals surface area contributed by atoms with Gasteiger partial charge < -0.3 is 16.4 Å². The molecule has 3 rings (SSSR count). The average molecular weight is 364 g/mol. The number of piperidine rings is 1. The zero-order valence-electron chi connectivity index (χ0n) is 14.5. The lowest BCUT2D eigenvalue weighted by Crippen LogP contribution is -2.45. The van der Waals surface area contributed by atoms with E-state index in [1.165, 1.54) is 57.1 Å². The molecule has 1 saturated carbocycles. The third-order valence-corrected chi connectivity index (χ3v) is 5.90. The van der Waals surface area contributed by atoms with Gasteiger partial charge in [0, 0.05) is 17.8 Å². The zero-order valence-corrected chi connectivity index (χ0v) is 15.3. The Labute approximate surface area is 154 Å². The molecule has 1 aromatic carbocycles. The number of hydrogen-bond donors (Lipinski definition) is 3. The largest absolute Gasteiger partial charge is 0.405 e. The Morgan fingerprint density at radius 1 is 1.36 bits per heavy atom. The van der Waals surface area contributed by atoms with E-state index in [1.54, 1.807) is 12.1 Å². The van der Waals surface area contributed by atoms with Crippen molar-refractivity contribution in [2.75, 3.05) is 19.6 Å². The number of nitrogens with one attached hydrogen (secondary N) is 2. The van der Waals surface area contributed by atoms with Crippen molar-refractivity contribution in [1.29, 1.82) is 0 Å². The smallest absolute Gasteiger partial charge is 0.123 e. The molecule has 1 heterocycles. The molecule has 5 heteroatoms. The molecule has 0 bridgehead atoms. The number of halogens is 2. The molecule has 0 aromatic heterocycles. The molecule has 0 unspecified atom stereocenters. The van der Waals surface area contributed by atoms with Gasteiger partial charge in [-0.05, 0) is 93.1 Å². The topological polar surface area (TPSA) is 50.1 Å². The summed E-state index contributed by atoms with van der Waals surface area (Å²) in [5.74, 6) is 0.496. The average Bonchev–Trinajstić information content (AvgIpc) is 2.59. The molecule has 0 atom stereocenters. The third kappa shape index (κ3) is 4.56. The van der Waals surface area contributed by atoms with Crippen molar-refractivity contribution >= 4 is 17.3 Å². The summed E-state index contributed by atoms with van der Waals surface area (Å²) in [6.07, 6.45) is 11.5. The molecule has 1 aliphatic carbocycles. The second-order valence-electron chi connectivity index (χ2n) is 7.33. The molecule has 3 nitrogen and oxygen atoms in total. The van der Waals surface area contributed by atoms with E-state index in [0.717, 1.165) is 24.6 Å². The SMILES string of the molecule is N/C=C\C=C(/NCCC1CC2(CCNCC2)C1)c1cc(F)ccc1Cl. The van der Waals surface area contributed by atoms with Crippen molar-refractivity contribution in [2.24, 2.45) is 17.1 Å². The molecule has 1 aliphatic heterocycles. The van der Waals surface area contributed by atoms with Crippen LogP contribution in [0.3, 0.4) is 0 Å². The number of rotatable bonds is 6. The van der Waals surface area contributed by atoms with E-state index < -0.39 is 0 Å². The highest BCUT2D eigenvalue weighted by Gasteiger charge is 2.43. The van der Waals surface area contributed by atoms with E-state index in [0.29, 0.717) is 16.0 Å². The van der Waals surface area contributed by atoms with Gasteiger partial charge in [0.2, 0.25) is 0 Å². The van der Waals surface area contributed by atoms with Crippen LogP contribution in [0.25, 0.3) is 5.70 Å². The standard InChI is InChI=1S/C20H27ClFN3/c21-18-4-3-16(22)12-17(18)19(2-1-8-23)25-9-5-15-13-20(14-15)6-10-24-11-7-20/h1-4,8,12,15,24-25H,5-7,9-11,13-14,23H2/b8-1-,19-2-. The first-order valence-electron chi connectivity index (χ1n) is 9.10. The summed E-state index contributed by atoms with van der Waals surface area (Å²) in [6, 6.07) is 4.41. The predicted molar refractivity (Wildman–Crippen MR) is 103 cm³/mol. The van der Waals surface area contributed by atoms with Gasteiger partial charge in [0.1, 0.15) is 5.82 Å². The van der Waals surface area contributed by atoms with Gasteiger partial charge in [-0.3, -0.25) is 0 Å². The molecular weight excluding hydrogens is 337 g/mol. The first-order valence-corrected chi connectivity index (χ1v) is 9.48. The van der Waals surface area contributed by atoms with Gasteiger partial charge in [-0.2, -0.15) is 0 Å². The number of benzene rings is 1. The minimum Gasteiger partial charge on any atom is -0.405 e. The van der Waals surface area contributed by atoms with E-state index in [9.17, 15) is 4.39 Å². The highest BCUT2D eigenvalue weighted by molar-refractivity contribution is 6.32. The van der Waals surface area contributed by atoms with Gasteiger partial charge in [0.05, 0.1) is 5.02 Å². The van der Waals surface area contributed by atoms with Crippen LogP contribution in [0.5, 0.6) is 0 Å². The van der Waals surface area contributed by atoms with E-state index in [4.69, 9.17) is 17.3 Å². The fourth-order valence-corrected chi connectivity index (χ4v) is 4.46. The first kappa shape index (κ1) is 18.3. The van der Waals surface area contributed by atoms with Gasteiger partial charge in [0.25, 0.3) is 0 Å². The molecule has 0 amide bonds. The van der Waals surface area contributed by atoms with Crippen LogP contribution >= 0.6 is 11.6 Å². The molecule has 0 radical (unpaired) electrons. The minimum atomic E-state index is -0.296. The molecule has 136 valence electrons. The Balaban J connectivity index is 1.54. The highest BCUT2D eigenvalue weighted by Crippen LogP contribution is 2.52. The Kier molecular flexibility index (Phi) is 6.02. The molecule has 2 fully saturated rings. The molecule has 1 aromatic rings. The molecule has 1 saturated heterocycles. The Morgan fingerprint density at radius 2 is 2.12 bits per heavy atom. The van der Waals surface area contributed by atoms with Crippen LogP contribution in [0.1, 0.15) is 37.7 Å². The van der Waals surface area contributed by atoms with Crippen LogP contribution in [0, 0.1) is 17.2 Å². The van der Waals surface area contributed by atoms with Gasteiger partial charge >= 0.3 is 0 Å². The molecule has 4 N–H and O–H groups in total. The lowest BCUT2D eigenvalue weighted by molar-refractivity contribution is 0.0182. The van der Waals surface area contributed by atoms with E-state index in [-0.39, 0.29) is 5.82 Å². The van der Waals surface area contributed by atoms with E-state index >= 15 is 0 Å². The fourth-order valence-electron chi connectivity index (χ4n) is 4.25. The van der Waals surface area contributed by atoms with Gasteiger partial charge in [-0.25, -0.2) is 4.39 Å². The van der Waals surface area contributed by atoms with E-state index in [2.05, 4.69) is 10.6 Å². The molecule has 1 spiro atoms. The summed E-state index contributed by atoms with van der Waals surface area (Å²) in [7, 11) is 0. The van der Waals surface area contributed by atoms with Gasteiger partial charge in [0.15, 0.2) is 0 Å². The lowest BCUT2D eigenvalue weighted by atomic mass is 9.57. The van der Waals surface area contributed by atoms with Crippen LogP contribution in [-0.4, -0.2) is 19.6 Å². The Morgan fingerprint density at radius 3 is 2.84 bits per heavy atom. The fraction of sp³-hybridized carbons (Fsp3) is 0.500. The monoisotopic (exact) mass is 363 g/mol. The summed E-state index contributed by atoms with van der Waals surface area (Å²) in [5, 5.41) is 7.40. The highest BCUT2D eigenvalue weighted by atomic mass is 35.5. The van der Waals surface area contributed by atoms with Crippen LogP contribution in [0.15, 0.2) is 36.6 Å². The van der Waals surface area contributed by atoms with Gasteiger partial charge in [-0.1, -0.05) is 11.6 Å². The summed E-state index contributed by atoms with van der Waals surface area (Å²) in [4.78, 5) is 0. The lowest BCUT2D eigenvalue weighted by Gasteiger charge is -2.50. The molecule has 2 aliphatic rings. The normalized spacial score (nSPS) is 20.8. The minimum absolute atomic E-state index is 0.296. The first-order chi connectivity index (χ1) is 12.1. The molecular formula is C20H27ClFN3. The third-order valence-electron chi connectivity index (χ3n) is 5.57. The van der Waals surface area contributed by atoms with Crippen molar-refractivity contribution in [3.63, 3.8) is 0 Å². The number of nitrogens with two attached hydrogens (primary N) is 1. The van der Waals surface area contributed by atoms with E-state index in [1.807, 2.05) is 6.08 Å². The summed E-state index contributed by atoms with van der Waals surface area (Å²) < 4.78 is 13.6. The number of hydrogen-bond acceptors (Lipinski definition) is 3. The second-order valence-corrected chi connectivity index (χ2v) is 7.74. The van der Waals surface area contributed by atoms with Crippen LogP contribution in [-0.2, 0) is 0 Å². The van der Waals surface area contributed by atoms with Crippen molar-refractivity contribution in [3.8, 4) is 0 Å². The number of allylic oxidation sites excluding steroid dienone is 2. The van der Waals surface area contributed by atoms with Crippen molar-refractivity contribution < 1.29 is 4.39 Å². The predicted octanol–water partition coefficient (Wildman–Crippen LogP) is 4.05. The quantitative estimate of drug-likeness (QED) is 0.668. The van der Waals surface area contributed by atoms with Crippen LogP contribution < -0.4 is 16.4 Å². The summed E-state index contributed by atoms with van der Waals surface area (Å²) >= 11 is 6.24. The second kappa shape index (κ2) is 8.24. The Bertz CT molecular complexity index is 642. The molecule has 25 heavy (non-hydrogen) atoms. The summed E-state index contributed by atoms with van der Waals surface area (Å²) in [5.41, 5.74) is 7.54. The van der Waals surface area contributed by atoms with Crippen molar-refractivity contribution in [2.45, 2.75) is 32.1 Å². The maximum absolute atomic E-state index is 13.6. The zero-order chi connectivity index (χ0) is 17.7. The maximum Gasteiger partial charge on any atom is 0.123 e. The van der Waals surface area contributed by atoms with Crippen LogP contribution in [0.2, 0.25) is 5.02 Å². The van der Waals surface area contributed by atoms with Gasteiger partial charge in [-0.15, -0.1) is 0 Å². The summed E-state index contributed by atoms with van der Waals surface area (Å²) in [6.45, 7) is 3.19. The maximum atomic E-state index is 13.6.